The van der Waals surface area contributed by atoms with E-state index in [-0.39, 0.29) is 17.1 Å². The number of aryl methyl sites for hydroxylation is 1. The van der Waals surface area contributed by atoms with Crippen LogP contribution in [0.3, 0.4) is 0 Å². The maximum atomic E-state index is 12.4. The van der Waals surface area contributed by atoms with Gasteiger partial charge in [-0.25, -0.2) is 4.98 Å². The Bertz CT molecular complexity index is 1260. The summed E-state index contributed by atoms with van der Waals surface area (Å²) in [5, 5.41) is 6.96. The van der Waals surface area contributed by atoms with Gasteiger partial charge < -0.3 is 10.1 Å². The van der Waals surface area contributed by atoms with Gasteiger partial charge in [0.1, 0.15) is 10.8 Å². The number of hydrogen-bond donors (Lipinski definition) is 2. The normalized spacial score (nSPS) is 10.9. The second-order valence-electron chi connectivity index (χ2n) is 7.67. The Kier molecular flexibility index (Phi) is 6.48. The largest absolute Gasteiger partial charge is 0.491 e. The number of carbonyl (C=O) groups is 1. The van der Waals surface area contributed by atoms with E-state index in [2.05, 4.69) is 29.7 Å². The molecule has 0 saturated carbocycles. The van der Waals surface area contributed by atoms with E-state index in [4.69, 9.17) is 21.9 Å². The maximum Gasteiger partial charge on any atom is 0.257 e. The number of thiocarbonyl (C=S) groups is 1. The van der Waals surface area contributed by atoms with Crippen molar-refractivity contribution in [1.29, 1.82) is 0 Å². The van der Waals surface area contributed by atoms with Crippen LogP contribution in [0.15, 0.2) is 66.7 Å². The van der Waals surface area contributed by atoms with Gasteiger partial charge in [-0.1, -0.05) is 6.07 Å². The van der Waals surface area contributed by atoms with Crippen molar-refractivity contribution < 1.29 is 9.53 Å². The SMILES string of the molecule is Cc1ccc2nc(-c3ccc(NC(=S)NC(=O)c4ccc(OC(C)C)cc4)cc3)sc2c1. The summed E-state index contributed by atoms with van der Waals surface area (Å²) in [5.41, 5.74) is 4.56. The third-order valence-corrected chi connectivity index (χ3v) is 5.92. The van der Waals surface area contributed by atoms with Crippen LogP contribution >= 0.6 is 23.6 Å². The summed E-state index contributed by atoms with van der Waals surface area (Å²) >= 11 is 6.97. The predicted octanol–water partition coefficient (Wildman–Crippen LogP) is 6.19. The lowest BCUT2D eigenvalue weighted by Crippen LogP contribution is -2.34. The van der Waals surface area contributed by atoms with Crippen molar-refractivity contribution >= 4 is 50.5 Å². The summed E-state index contributed by atoms with van der Waals surface area (Å²) < 4.78 is 6.78. The van der Waals surface area contributed by atoms with E-state index in [0.29, 0.717) is 5.56 Å². The van der Waals surface area contributed by atoms with Gasteiger partial charge in [-0.05, 0) is 99.2 Å². The number of anilines is 1. The molecule has 0 radical (unpaired) electrons. The molecule has 1 aromatic heterocycles. The molecule has 0 saturated heterocycles. The van der Waals surface area contributed by atoms with Crippen LogP contribution in [0.1, 0.15) is 29.8 Å². The molecule has 4 aromatic rings. The number of aromatic nitrogens is 1. The van der Waals surface area contributed by atoms with Crippen molar-refractivity contribution in [2.45, 2.75) is 26.9 Å². The van der Waals surface area contributed by atoms with Crippen molar-refractivity contribution in [1.82, 2.24) is 10.3 Å². The molecule has 0 aliphatic rings. The number of carbonyl (C=O) groups excluding carboxylic acids is 1. The number of thiazole rings is 1. The second-order valence-corrected chi connectivity index (χ2v) is 9.11. The first-order valence-corrected chi connectivity index (χ1v) is 11.5. The Labute approximate surface area is 196 Å². The molecule has 7 heteroatoms. The molecule has 32 heavy (non-hydrogen) atoms. The number of nitrogens with one attached hydrogen (secondary N) is 2. The van der Waals surface area contributed by atoms with Gasteiger partial charge in [-0.15, -0.1) is 11.3 Å². The van der Waals surface area contributed by atoms with E-state index in [1.807, 2.05) is 44.2 Å². The third kappa shape index (κ3) is 5.30. The molecule has 5 nitrogen and oxygen atoms in total. The highest BCUT2D eigenvalue weighted by Crippen LogP contribution is 2.31. The molecular weight excluding hydrogens is 438 g/mol. The van der Waals surface area contributed by atoms with Gasteiger partial charge in [0.25, 0.3) is 5.91 Å². The number of ether oxygens (including phenoxy) is 1. The summed E-state index contributed by atoms with van der Waals surface area (Å²) in [5.74, 6) is 0.445. The average molecular weight is 462 g/mol. The minimum atomic E-state index is -0.278. The van der Waals surface area contributed by atoms with Crippen LogP contribution < -0.4 is 15.4 Å². The van der Waals surface area contributed by atoms with Crippen LogP contribution in [0.25, 0.3) is 20.8 Å². The fourth-order valence-electron chi connectivity index (χ4n) is 3.15. The molecule has 0 atom stereocenters. The third-order valence-electron chi connectivity index (χ3n) is 4.65. The number of amides is 1. The number of benzene rings is 3. The Hall–Kier alpha value is -3.29. The van der Waals surface area contributed by atoms with Crippen LogP contribution in [-0.4, -0.2) is 22.1 Å². The second kappa shape index (κ2) is 9.46. The molecule has 0 spiro atoms. The molecule has 4 rings (SSSR count). The van der Waals surface area contributed by atoms with E-state index in [1.54, 1.807) is 35.6 Å². The molecule has 0 aliphatic heterocycles. The van der Waals surface area contributed by atoms with Gasteiger partial charge in [0.15, 0.2) is 5.11 Å². The van der Waals surface area contributed by atoms with E-state index < -0.39 is 0 Å². The van der Waals surface area contributed by atoms with Gasteiger partial charge in [-0.2, -0.15) is 0 Å². The molecular formula is C25H23N3O2S2. The van der Waals surface area contributed by atoms with Crippen LogP contribution in [0.2, 0.25) is 0 Å². The topological polar surface area (TPSA) is 63.2 Å². The van der Waals surface area contributed by atoms with Crippen molar-refractivity contribution in [3.05, 3.63) is 77.9 Å². The van der Waals surface area contributed by atoms with E-state index in [9.17, 15) is 4.79 Å². The molecule has 162 valence electrons. The molecule has 1 heterocycles. The van der Waals surface area contributed by atoms with Crippen molar-refractivity contribution in [2.24, 2.45) is 0 Å². The van der Waals surface area contributed by atoms with Crippen molar-refractivity contribution in [3.8, 4) is 16.3 Å². The summed E-state index contributed by atoms with van der Waals surface area (Å²) in [4.78, 5) is 17.2. The molecule has 0 unspecified atom stereocenters. The molecule has 1 amide bonds. The van der Waals surface area contributed by atoms with E-state index in [0.717, 1.165) is 27.5 Å². The summed E-state index contributed by atoms with van der Waals surface area (Å²) in [6.07, 6.45) is 0.0803. The highest BCUT2D eigenvalue weighted by Gasteiger charge is 2.10. The summed E-state index contributed by atoms with van der Waals surface area (Å²) in [6.45, 7) is 5.99. The zero-order valence-corrected chi connectivity index (χ0v) is 19.6. The standard InChI is InChI=1S/C25H23N3O2S2/c1-15(2)30-20-11-7-17(8-12-20)23(29)28-25(31)26-19-9-5-18(6-10-19)24-27-21-13-4-16(3)14-22(21)32-24/h4-15H,1-3H3,(H2,26,28,29,31). The molecule has 3 aromatic carbocycles. The van der Waals surface area contributed by atoms with Gasteiger partial charge in [-0.3, -0.25) is 10.1 Å². The molecule has 0 bridgehead atoms. The van der Waals surface area contributed by atoms with E-state index in [1.165, 1.54) is 10.3 Å². The number of fused-ring (bicyclic) bond motifs is 1. The lowest BCUT2D eigenvalue weighted by molar-refractivity contribution is 0.0977. The Morgan fingerprint density at radius 3 is 2.44 bits per heavy atom. The van der Waals surface area contributed by atoms with Crippen LogP contribution in [-0.2, 0) is 0 Å². The van der Waals surface area contributed by atoms with Gasteiger partial charge >= 0.3 is 0 Å². The highest BCUT2D eigenvalue weighted by molar-refractivity contribution is 7.80. The quantitative estimate of drug-likeness (QED) is 0.347. The monoisotopic (exact) mass is 461 g/mol. The van der Waals surface area contributed by atoms with Gasteiger partial charge in [0.2, 0.25) is 0 Å². The zero-order chi connectivity index (χ0) is 22.7. The minimum Gasteiger partial charge on any atom is -0.491 e. The first-order chi connectivity index (χ1) is 15.4. The van der Waals surface area contributed by atoms with Crippen LogP contribution in [0.5, 0.6) is 5.75 Å². The Balaban J connectivity index is 1.37. The van der Waals surface area contributed by atoms with Crippen molar-refractivity contribution in [3.63, 3.8) is 0 Å². The fraction of sp³-hybridized carbons (Fsp3) is 0.160. The van der Waals surface area contributed by atoms with Crippen LogP contribution in [0, 0.1) is 6.92 Å². The summed E-state index contributed by atoms with van der Waals surface area (Å²) in [6, 6.07) is 21.1. The Morgan fingerprint density at radius 2 is 1.75 bits per heavy atom. The molecule has 0 aliphatic carbocycles. The Morgan fingerprint density at radius 1 is 1.03 bits per heavy atom. The lowest BCUT2D eigenvalue weighted by Gasteiger charge is -2.11. The fourth-order valence-corrected chi connectivity index (χ4v) is 4.43. The molecule has 0 fully saturated rings. The molecule has 2 N–H and O–H groups in total. The first kappa shape index (κ1) is 21.9. The zero-order valence-electron chi connectivity index (χ0n) is 18.0. The number of rotatable bonds is 5. The van der Waals surface area contributed by atoms with Crippen LogP contribution in [0.4, 0.5) is 5.69 Å². The summed E-state index contributed by atoms with van der Waals surface area (Å²) in [7, 11) is 0. The number of hydrogen-bond acceptors (Lipinski definition) is 5. The van der Waals surface area contributed by atoms with Gasteiger partial charge in [0.05, 0.1) is 16.3 Å². The lowest BCUT2D eigenvalue weighted by atomic mass is 10.2. The number of nitrogens with zero attached hydrogens (tertiary/aromatic N) is 1. The first-order valence-electron chi connectivity index (χ1n) is 10.2. The highest BCUT2D eigenvalue weighted by atomic mass is 32.1. The van der Waals surface area contributed by atoms with Gasteiger partial charge in [0, 0.05) is 16.8 Å². The smallest absolute Gasteiger partial charge is 0.257 e. The minimum absolute atomic E-state index is 0.0803. The predicted molar refractivity (Wildman–Crippen MR) is 136 cm³/mol. The van der Waals surface area contributed by atoms with Crippen molar-refractivity contribution in [2.75, 3.05) is 5.32 Å². The average Bonchev–Trinajstić information content (AvgIpc) is 3.17. The maximum absolute atomic E-state index is 12.4. The van der Waals surface area contributed by atoms with E-state index >= 15 is 0 Å².